The molecule has 0 unspecified atom stereocenters. The molecule has 1 aliphatic rings. The molecule has 5 rings (SSSR count). The molecule has 0 amide bonds. The van der Waals surface area contributed by atoms with Gasteiger partial charge in [0.25, 0.3) is 0 Å². The molecular weight excluding hydrogens is 357 g/mol. The van der Waals surface area contributed by atoms with Crippen LogP contribution in [0.5, 0.6) is 0 Å². The summed E-state index contributed by atoms with van der Waals surface area (Å²) >= 11 is 1.22. The van der Waals surface area contributed by atoms with Crippen molar-refractivity contribution in [2.45, 2.75) is 12.8 Å². The van der Waals surface area contributed by atoms with Gasteiger partial charge >= 0.3 is 4.87 Å². The van der Waals surface area contributed by atoms with Crippen molar-refractivity contribution < 1.29 is 4.39 Å². The van der Waals surface area contributed by atoms with Gasteiger partial charge in [-0.1, -0.05) is 47.7 Å². The van der Waals surface area contributed by atoms with Crippen LogP contribution in [0.2, 0.25) is 0 Å². The second-order valence-electron chi connectivity index (χ2n) is 6.79. The topological polar surface area (TPSA) is 32.9 Å². The van der Waals surface area contributed by atoms with Crippen LogP contribution in [0, 0.1) is 5.82 Å². The first kappa shape index (κ1) is 16.2. The van der Waals surface area contributed by atoms with Crippen LogP contribution in [0.4, 0.5) is 4.39 Å². The SMILES string of the molecule is O=c1[nH]c2cc(/C=C3\c4ccccc4CCc4cc(F)ccc43)ccc2s1. The van der Waals surface area contributed by atoms with Crippen LogP contribution in [-0.4, -0.2) is 4.98 Å². The van der Waals surface area contributed by atoms with E-state index in [0.717, 1.165) is 45.3 Å². The van der Waals surface area contributed by atoms with Gasteiger partial charge in [-0.3, -0.25) is 4.79 Å². The van der Waals surface area contributed by atoms with Crippen molar-refractivity contribution in [3.8, 4) is 0 Å². The molecule has 0 atom stereocenters. The normalized spacial score (nSPS) is 14.8. The van der Waals surface area contributed by atoms with E-state index in [1.54, 1.807) is 6.07 Å². The van der Waals surface area contributed by atoms with Crippen LogP contribution in [0.25, 0.3) is 21.9 Å². The van der Waals surface area contributed by atoms with Crippen molar-refractivity contribution in [2.24, 2.45) is 0 Å². The van der Waals surface area contributed by atoms with Crippen molar-refractivity contribution in [3.63, 3.8) is 0 Å². The van der Waals surface area contributed by atoms with Crippen LogP contribution in [0.3, 0.4) is 0 Å². The number of nitrogens with one attached hydrogen (secondary N) is 1. The maximum Gasteiger partial charge on any atom is 0.305 e. The molecule has 1 aliphatic carbocycles. The molecule has 0 saturated heterocycles. The van der Waals surface area contributed by atoms with Gasteiger partial charge in [0.15, 0.2) is 0 Å². The molecule has 1 heterocycles. The summed E-state index contributed by atoms with van der Waals surface area (Å²) in [4.78, 5) is 14.4. The molecule has 0 spiro atoms. The van der Waals surface area contributed by atoms with Crippen molar-refractivity contribution in [1.82, 2.24) is 4.98 Å². The Labute approximate surface area is 159 Å². The van der Waals surface area contributed by atoms with E-state index in [4.69, 9.17) is 0 Å². The summed E-state index contributed by atoms with van der Waals surface area (Å²) in [5.74, 6) is -0.198. The summed E-state index contributed by atoms with van der Waals surface area (Å²) < 4.78 is 14.8. The lowest BCUT2D eigenvalue weighted by atomic mass is 9.92. The molecule has 0 bridgehead atoms. The highest BCUT2D eigenvalue weighted by atomic mass is 32.1. The number of halogens is 1. The van der Waals surface area contributed by atoms with Crippen molar-refractivity contribution >= 4 is 33.2 Å². The van der Waals surface area contributed by atoms with Crippen molar-refractivity contribution in [1.29, 1.82) is 0 Å². The second kappa shape index (κ2) is 6.32. The number of benzene rings is 3. The predicted octanol–water partition coefficient (Wildman–Crippen LogP) is 5.42. The van der Waals surface area contributed by atoms with Gasteiger partial charge in [0, 0.05) is 0 Å². The third-order valence-electron chi connectivity index (χ3n) is 5.08. The third-order valence-corrected chi connectivity index (χ3v) is 5.95. The van der Waals surface area contributed by atoms with Gasteiger partial charge in [-0.15, -0.1) is 0 Å². The number of rotatable bonds is 1. The van der Waals surface area contributed by atoms with Gasteiger partial charge in [-0.25, -0.2) is 4.39 Å². The average Bonchev–Trinajstić information content (AvgIpc) is 2.97. The fourth-order valence-corrected chi connectivity index (χ4v) is 4.55. The summed E-state index contributed by atoms with van der Waals surface area (Å²) in [6.07, 6.45) is 3.84. The number of thiazole rings is 1. The summed E-state index contributed by atoms with van der Waals surface area (Å²) in [5.41, 5.74) is 7.50. The van der Waals surface area contributed by atoms with Crippen LogP contribution in [0.15, 0.2) is 65.5 Å². The minimum atomic E-state index is -0.198. The number of aryl methyl sites for hydroxylation is 2. The van der Waals surface area contributed by atoms with Gasteiger partial charge in [0.05, 0.1) is 10.2 Å². The van der Waals surface area contributed by atoms with E-state index in [-0.39, 0.29) is 10.7 Å². The number of fused-ring (bicyclic) bond motifs is 3. The Morgan fingerprint density at radius 2 is 1.74 bits per heavy atom. The fourth-order valence-electron chi connectivity index (χ4n) is 3.83. The summed E-state index contributed by atoms with van der Waals surface area (Å²) in [7, 11) is 0. The number of hydrogen-bond donors (Lipinski definition) is 1. The van der Waals surface area contributed by atoms with E-state index >= 15 is 0 Å². The molecule has 0 saturated carbocycles. The first-order chi connectivity index (χ1) is 13.2. The quantitative estimate of drug-likeness (QED) is 0.475. The van der Waals surface area contributed by atoms with Gasteiger partial charge in [0.1, 0.15) is 5.82 Å². The number of aromatic amines is 1. The van der Waals surface area contributed by atoms with Gasteiger partial charge < -0.3 is 4.98 Å². The summed E-state index contributed by atoms with van der Waals surface area (Å²) in [6, 6.07) is 19.4. The summed E-state index contributed by atoms with van der Waals surface area (Å²) in [6.45, 7) is 0. The van der Waals surface area contributed by atoms with Crippen LogP contribution in [0.1, 0.15) is 27.8 Å². The standard InChI is InChI=1S/C23H16FNOS/c24-17-8-9-19-16(13-17)7-6-15-3-1-2-4-18(15)20(19)11-14-5-10-22-21(12-14)25-23(26)27-22/h1-5,8-13H,6-7H2,(H,25,26)/b20-11+. The lowest BCUT2D eigenvalue weighted by molar-refractivity contribution is 0.625. The minimum Gasteiger partial charge on any atom is -0.312 e. The van der Waals surface area contributed by atoms with E-state index in [1.165, 1.54) is 28.5 Å². The van der Waals surface area contributed by atoms with Crippen LogP contribution < -0.4 is 4.87 Å². The molecule has 2 nitrogen and oxygen atoms in total. The Balaban J connectivity index is 1.75. The monoisotopic (exact) mass is 373 g/mol. The number of H-pyrrole nitrogens is 1. The van der Waals surface area contributed by atoms with Crippen LogP contribution >= 0.6 is 11.3 Å². The lowest BCUT2D eigenvalue weighted by Gasteiger charge is -2.12. The molecular formula is C23H16FNOS. The predicted molar refractivity (Wildman–Crippen MR) is 110 cm³/mol. The highest BCUT2D eigenvalue weighted by molar-refractivity contribution is 7.16. The lowest BCUT2D eigenvalue weighted by Crippen LogP contribution is -1.94. The molecule has 3 aromatic carbocycles. The molecule has 0 radical (unpaired) electrons. The molecule has 0 fully saturated rings. The molecule has 132 valence electrons. The first-order valence-electron chi connectivity index (χ1n) is 8.89. The van der Waals surface area contributed by atoms with Crippen molar-refractivity contribution in [2.75, 3.05) is 0 Å². The molecule has 1 N–H and O–H groups in total. The Kier molecular flexibility index (Phi) is 3.80. The van der Waals surface area contributed by atoms with Gasteiger partial charge in [0.2, 0.25) is 0 Å². The molecule has 4 heteroatoms. The fraction of sp³-hybridized carbons (Fsp3) is 0.0870. The minimum absolute atomic E-state index is 0.0459. The van der Waals surface area contributed by atoms with Gasteiger partial charge in [-0.2, -0.15) is 0 Å². The number of hydrogen-bond acceptors (Lipinski definition) is 2. The molecule has 4 aromatic rings. The highest BCUT2D eigenvalue weighted by Gasteiger charge is 2.18. The van der Waals surface area contributed by atoms with E-state index < -0.39 is 0 Å². The largest absolute Gasteiger partial charge is 0.312 e. The average molecular weight is 373 g/mol. The Morgan fingerprint density at radius 3 is 2.67 bits per heavy atom. The van der Waals surface area contributed by atoms with E-state index in [0.29, 0.717) is 0 Å². The van der Waals surface area contributed by atoms with Gasteiger partial charge in [-0.05, 0) is 76.6 Å². The zero-order valence-electron chi connectivity index (χ0n) is 14.5. The second-order valence-corrected chi connectivity index (χ2v) is 7.80. The summed E-state index contributed by atoms with van der Waals surface area (Å²) in [5, 5.41) is 0. The van der Waals surface area contributed by atoms with E-state index in [2.05, 4.69) is 29.3 Å². The molecule has 27 heavy (non-hydrogen) atoms. The zero-order chi connectivity index (χ0) is 18.4. The maximum atomic E-state index is 13.8. The Bertz CT molecular complexity index is 1260. The zero-order valence-corrected chi connectivity index (χ0v) is 15.3. The Morgan fingerprint density at radius 1 is 0.926 bits per heavy atom. The smallest absolute Gasteiger partial charge is 0.305 e. The molecule has 0 aliphatic heterocycles. The maximum absolute atomic E-state index is 13.8. The highest BCUT2D eigenvalue weighted by Crippen LogP contribution is 2.35. The van der Waals surface area contributed by atoms with Crippen LogP contribution in [-0.2, 0) is 12.8 Å². The van der Waals surface area contributed by atoms with Crippen molar-refractivity contribution in [3.05, 3.63) is 104 Å². The number of aromatic nitrogens is 1. The third kappa shape index (κ3) is 2.92. The molecule has 1 aromatic heterocycles. The van der Waals surface area contributed by atoms with E-state index in [1.807, 2.05) is 30.3 Å². The first-order valence-corrected chi connectivity index (χ1v) is 9.71. The Hall–Kier alpha value is -2.98. The van der Waals surface area contributed by atoms with E-state index in [9.17, 15) is 9.18 Å².